The monoisotopic (exact) mass is 328 g/mol. The molecule has 3 rings (SSSR count). The molecule has 1 fully saturated rings. The Morgan fingerprint density at radius 1 is 1.38 bits per heavy atom. The quantitative estimate of drug-likeness (QED) is 0.905. The predicted octanol–water partition coefficient (Wildman–Crippen LogP) is 3.12. The number of aryl methyl sites for hydroxylation is 2. The largest absolute Gasteiger partial charge is 0.480 e. The third-order valence-corrected chi connectivity index (χ3v) is 5.09. The number of carboxylic acids is 1. The summed E-state index contributed by atoms with van der Waals surface area (Å²) < 4.78 is 0. The maximum atomic E-state index is 12.6. The van der Waals surface area contributed by atoms with Gasteiger partial charge in [-0.3, -0.25) is 4.79 Å². The lowest BCUT2D eigenvalue weighted by Gasteiger charge is -2.36. The summed E-state index contributed by atoms with van der Waals surface area (Å²) in [5, 5.41) is 10.5. The zero-order valence-corrected chi connectivity index (χ0v) is 14.2. The summed E-state index contributed by atoms with van der Waals surface area (Å²) in [4.78, 5) is 28.9. The van der Waals surface area contributed by atoms with Crippen LogP contribution >= 0.6 is 0 Å². The molecule has 0 aliphatic carbocycles. The average Bonchev–Trinajstić information content (AvgIpc) is 2.97. The van der Waals surface area contributed by atoms with Gasteiger partial charge in [-0.2, -0.15) is 0 Å². The minimum atomic E-state index is -0.891. The Kier molecular flexibility index (Phi) is 4.60. The van der Waals surface area contributed by atoms with Gasteiger partial charge in [0.2, 0.25) is 5.91 Å². The van der Waals surface area contributed by atoms with Crippen LogP contribution in [0.4, 0.5) is 0 Å². The number of rotatable bonds is 4. The van der Waals surface area contributed by atoms with Gasteiger partial charge in [-0.15, -0.1) is 0 Å². The Hall–Kier alpha value is -2.30. The van der Waals surface area contributed by atoms with Gasteiger partial charge in [-0.05, 0) is 43.2 Å². The Labute approximate surface area is 141 Å². The van der Waals surface area contributed by atoms with Crippen LogP contribution in [-0.4, -0.2) is 39.5 Å². The highest BCUT2D eigenvalue weighted by Crippen LogP contribution is 2.25. The first-order chi connectivity index (χ1) is 11.5. The molecule has 1 saturated heterocycles. The zero-order chi connectivity index (χ0) is 17.3. The maximum Gasteiger partial charge on any atom is 0.326 e. The number of benzene rings is 1. The first kappa shape index (κ1) is 16.6. The number of aromatic nitrogens is 1. The molecule has 0 spiro atoms. The fourth-order valence-corrected chi connectivity index (χ4v) is 3.63. The highest BCUT2D eigenvalue weighted by atomic mass is 16.4. The Balaban J connectivity index is 1.70. The summed E-state index contributed by atoms with van der Waals surface area (Å²) in [6.07, 6.45) is 4.35. The smallest absolute Gasteiger partial charge is 0.326 e. The highest BCUT2D eigenvalue weighted by Gasteiger charge is 2.34. The summed E-state index contributed by atoms with van der Waals surface area (Å²) in [6, 6.07) is 5.46. The number of carbonyl (C=O) groups excluding carboxylic acids is 1. The normalized spacial score (nSPS) is 21.2. The fourth-order valence-electron chi connectivity index (χ4n) is 3.63. The molecule has 2 unspecified atom stereocenters. The molecule has 1 amide bonds. The SMILES string of the molecule is Cc1cccc2c(CCC(=O)N3CCC(C)CC3C(=O)O)c[nH]c12. The van der Waals surface area contributed by atoms with Gasteiger partial charge in [0.25, 0.3) is 0 Å². The lowest BCUT2D eigenvalue weighted by molar-refractivity contribution is -0.153. The van der Waals surface area contributed by atoms with Gasteiger partial charge < -0.3 is 15.0 Å². The molecule has 5 heteroatoms. The third-order valence-electron chi connectivity index (χ3n) is 5.09. The van der Waals surface area contributed by atoms with Crippen LogP contribution in [0.1, 0.15) is 37.3 Å². The van der Waals surface area contributed by atoms with E-state index in [-0.39, 0.29) is 5.91 Å². The van der Waals surface area contributed by atoms with Crippen molar-refractivity contribution in [3.8, 4) is 0 Å². The van der Waals surface area contributed by atoms with Gasteiger partial charge in [-0.1, -0.05) is 25.1 Å². The van der Waals surface area contributed by atoms with Crippen LogP contribution in [0, 0.1) is 12.8 Å². The standard InChI is InChI=1S/C19H24N2O3/c1-12-8-9-21(16(10-12)19(23)24)17(22)7-6-14-11-20-18-13(2)4-3-5-15(14)18/h3-5,11-12,16,20H,6-10H2,1-2H3,(H,23,24). The van der Waals surface area contributed by atoms with E-state index < -0.39 is 12.0 Å². The van der Waals surface area contributed by atoms with Gasteiger partial charge in [0.15, 0.2) is 0 Å². The van der Waals surface area contributed by atoms with Crippen molar-refractivity contribution in [3.05, 3.63) is 35.5 Å². The van der Waals surface area contributed by atoms with Crippen molar-refractivity contribution in [2.24, 2.45) is 5.92 Å². The van der Waals surface area contributed by atoms with Crippen molar-refractivity contribution < 1.29 is 14.7 Å². The number of fused-ring (bicyclic) bond motifs is 1. The number of piperidine rings is 1. The van der Waals surface area contributed by atoms with E-state index in [2.05, 4.69) is 24.0 Å². The number of amides is 1. The summed E-state index contributed by atoms with van der Waals surface area (Å²) in [5.41, 5.74) is 3.40. The van der Waals surface area contributed by atoms with Crippen molar-refractivity contribution in [3.63, 3.8) is 0 Å². The van der Waals surface area contributed by atoms with E-state index in [1.54, 1.807) is 4.90 Å². The number of nitrogens with one attached hydrogen (secondary N) is 1. The number of aliphatic carboxylic acids is 1. The topological polar surface area (TPSA) is 73.4 Å². The molecule has 1 aliphatic heterocycles. The van der Waals surface area contributed by atoms with Crippen LogP contribution < -0.4 is 0 Å². The summed E-state index contributed by atoms with van der Waals surface area (Å²) in [6.45, 7) is 4.65. The molecular formula is C19H24N2O3. The Morgan fingerprint density at radius 2 is 2.17 bits per heavy atom. The number of H-pyrrole nitrogens is 1. The number of para-hydroxylation sites is 1. The molecule has 128 valence electrons. The van der Waals surface area contributed by atoms with Crippen LogP contribution in [-0.2, 0) is 16.0 Å². The van der Waals surface area contributed by atoms with Gasteiger partial charge >= 0.3 is 5.97 Å². The molecule has 2 atom stereocenters. The predicted molar refractivity (Wildman–Crippen MR) is 92.9 cm³/mol. The van der Waals surface area contributed by atoms with Crippen LogP contribution in [0.3, 0.4) is 0 Å². The molecule has 1 aliphatic rings. The Morgan fingerprint density at radius 3 is 2.92 bits per heavy atom. The van der Waals surface area contributed by atoms with E-state index >= 15 is 0 Å². The molecule has 1 aromatic carbocycles. The number of carbonyl (C=O) groups is 2. The number of aromatic amines is 1. The van der Waals surface area contributed by atoms with Gasteiger partial charge in [-0.25, -0.2) is 4.79 Å². The van der Waals surface area contributed by atoms with E-state index in [1.165, 1.54) is 5.56 Å². The molecule has 2 N–H and O–H groups in total. The molecule has 0 bridgehead atoms. The molecule has 0 saturated carbocycles. The van der Waals surface area contributed by atoms with Crippen LogP contribution in [0.25, 0.3) is 10.9 Å². The van der Waals surface area contributed by atoms with E-state index in [4.69, 9.17) is 0 Å². The number of hydrogen-bond acceptors (Lipinski definition) is 2. The van der Waals surface area contributed by atoms with Gasteiger partial charge in [0.05, 0.1) is 0 Å². The van der Waals surface area contributed by atoms with E-state index in [9.17, 15) is 14.7 Å². The summed E-state index contributed by atoms with van der Waals surface area (Å²) >= 11 is 0. The first-order valence-corrected chi connectivity index (χ1v) is 8.55. The fraction of sp³-hybridized carbons (Fsp3) is 0.474. The molecule has 1 aromatic heterocycles. The lowest BCUT2D eigenvalue weighted by Crippen LogP contribution is -2.49. The lowest BCUT2D eigenvalue weighted by atomic mass is 9.92. The highest BCUT2D eigenvalue weighted by molar-refractivity contribution is 5.87. The van der Waals surface area contributed by atoms with Gasteiger partial charge in [0, 0.05) is 30.1 Å². The molecular weight excluding hydrogens is 304 g/mol. The van der Waals surface area contributed by atoms with Crippen LogP contribution in [0.2, 0.25) is 0 Å². The van der Waals surface area contributed by atoms with Crippen LogP contribution in [0.5, 0.6) is 0 Å². The average molecular weight is 328 g/mol. The number of carboxylic acid groups (broad SMARTS) is 1. The molecule has 2 heterocycles. The Bertz CT molecular complexity index is 765. The molecule has 0 radical (unpaired) electrons. The zero-order valence-electron chi connectivity index (χ0n) is 14.2. The second-order valence-electron chi connectivity index (χ2n) is 6.88. The van der Waals surface area contributed by atoms with Crippen molar-refractivity contribution in [2.45, 2.75) is 45.6 Å². The molecule has 2 aromatic rings. The van der Waals surface area contributed by atoms with Crippen molar-refractivity contribution in [1.82, 2.24) is 9.88 Å². The van der Waals surface area contributed by atoms with Crippen molar-refractivity contribution in [2.75, 3.05) is 6.54 Å². The van der Waals surface area contributed by atoms with Crippen LogP contribution in [0.15, 0.2) is 24.4 Å². The minimum Gasteiger partial charge on any atom is -0.480 e. The minimum absolute atomic E-state index is 0.0590. The summed E-state index contributed by atoms with van der Waals surface area (Å²) in [5.74, 6) is -0.597. The van der Waals surface area contributed by atoms with Crippen molar-refractivity contribution >= 4 is 22.8 Å². The van der Waals surface area contributed by atoms with E-state index in [1.807, 2.05) is 19.2 Å². The second kappa shape index (κ2) is 6.67. The number of nitrogens with zero attached hydrogens (tertiary/aromatic N) is 1. The van der Waals surface area contributed by atoms with Gasteiger partial charge in [0.1, 0.15) is 6.04 Å². The third kappa shape index (κ3) is 3.16. The number of hydrogen-bond donors (Lipinski definition) is 2. The maximum absolute atomic E-state index is 12.6. The first-order valence-electron chi connectivity index (χ1n) is 8.55. The molecule has 5 nitrogen and oxygen atoms in total. The second-order valence-corrected chi connectivity index (χ2v) is 6.88. The van der Waals surface area contributed by atoms with E-state index in [0.717, 1.165) is 22.9 Å². The van der Waals surface area contributed by atoms with E-state index in [0.29, 0.717) is 31.7 Å². The number of likely N-dealkylation sites (tertiary alicyclic amines) is 1. The summed E-state index contributed by atoms with van der Waals surface area (Å²) in [7, 11) is 0. The van der Waals surface area contributed by atoms with Crippen molar-refractivity contribution in [1.29, 1.82) is 0 Å². The molecule has 24 heavy (non-hydrogen) atoms.